The molecule has 0 radical (unpaired) electrons. The number of aryl methyl sites for hydroxylation is 1. The number of benzene rings is 3. The van der Waals surface area contributed by atoms with E-state index in [2.05, 4.69) is 28.9 Å². The Hall–Kier alpha value is -3.13. The minimum atomic E-state index is -0.301. The van der Waals surface area contributed by atoms with E-state index in [0.717, 1.165) is 21.0 Å². The predicted molar refractivity (Wildman–Crippen MR) is 161 cm³/mol. The van der Waals surface area contributed by atoms with Crippen molar-refractivity contribution in [3.05, 3.63) is 102 Å². The molecule has 1 aliphatic carbocycles. The van der Waals surface area contributed by atoms with Crippen LogP contribution in [0.5, 0.6) is 0 Å². The molecule has 0 spiro atoms. The quantitative estimate of drug-likeness (QED) is 0.298. The Morgan fingerprint density at radius 3 is 2.68 bits per heavy atom. The number of allylic oxidation sites excluding steroid dienone is 2. The average Bonchev–Trinajstić information content (AvgIpc) is 2.92. The van der Waals surface area contributed by atoms with Crippen molar-refractivity contribution >= 4 is 64.1 Å². The maximum atomic E-state index is 13.6. The first-order chi connectivity index (χ1) is 18.4. The van der Waals surface area contributed by atoms with Gasteiger partial charge in [0.05, 0.1) is 22.2 Å². The second-order valence-electron chi connectivity index (χ2n) is 9.10. The first kappa shape index (κ1) is 26.5. The Labute approximate surface area is 236 Å². The van der Waals surface area contributed by atoms with Gasteiger partial charge in [0.1, 0.15) is 0 Å². The smallest absolute Gasteiger partial charge is 0.325 e. The number of halogens is 1. The number of hydrogen-bond acceptors (Lipinski definition) is 4. The standard InChI is InChI=1S/C30H28ClN3O2S2/c1-3-26(29(35)33-23-17-20(31)16-15-19(23)2)37-22-10-8-9-21(18-22)32-30(36)34-24-11-4-6-13-27(24)38-28-14-7-5-12-25(28)34/h4-18,24,26-27H,3H2,1-2H3,(H,32,36)(H,33,35). The summed E-state index contributed by atoms with van der Waals surface area (Å²) in [5.74, 6) is -0.0806. The van der Waals surface area contributed by atoms with Gasteiger partial charge < -0.3 is 10.6 Å². The van der Waals surface area contributed by atoms with Gasteiger partial charge >= 0.3 is 6.03 Å². The average molecular weight is 562 g/mol. The monoisotopic (exact) mass is 561 g/mol. The van der Waals surface area contributed by atoms with Gasteiger partial charge in [-0.25, -0.2) is 4.79 Å². The lowest BCUT2D eigenvalue weighted by Crippen LogP contribution is -2.49. The number of para-hydroxylation sites is 1. The van der Waals surface area contributed by atoms with Crippen LogP contribution in [0.2, 0.25) is 5.02 Å². The number of carbonyl (C=O) groups excluding carboxylic acids is 2. The third-order valence-electron chi connectivity index (χ3n) is 6.45. The summed E-state index contributed by atoms with van der Waals surface area (Å²) in [7, 11) is 0. The lowest BCUT2D eigenvalue weighted by Gasteiger charge is -2.40. The Morgan fingerprint density at radius 1 is 1.03 bits per heavy atom. The van der Waals surface area contributed by atoms with Gasteiger partial charge in [-0.2, -0.15) is 0 Å². The normalized spacial score (nSPS) is 18.3. The lowest BCUT2D eigenvalue weighted by molar-refractivity contribution is -0.115. The summed E-state index contributed by atoms with van der Waals surface area (Å²) in [6, 6.07) is 20.9. The molecule has 3 aromatic carbocycles. The predicted octanol–water partition coefficient (Wildman–Crippen LogP) is 8.17. The van der Waals surface area contributed by atoms with Crippen LogP contribution in [-0.4, -0.2) is 28.5 Å². The Morgan fingerprint density at radius 2 is 1.84 bits per heavy atom. The topological polar surface area (TPSA) is 61.4 Å². The van der Waals surface area contributed by atoms with Crippen LogP contribution in [0, 0.1) is 6.92 Å². The molecule has 0 fully saturated rings. The molecule has 3 amide bonds. The third-order valence-corrected chi connectivity index (χ3v) is 9.35. The molecule has 3 unspecified atom stereocenters. The van der Waals surface area contributed by atoms with Crippen molar-refractivity contribution in [3.8, 4) is 0 Å². The first-order valence-corrected chi connectivity index (χ1v) is 14.6. The van der Waals surface area contributed by atoms with Crippen molar-refractivity contribution < 1.29 is 9.59 Å². The maximum Gasteiger partial charge on any atom is 0.326 e. The summed E-state index contributed by atoms with van der Waals surface area (Å²) in [6.45, 7) is 3.93. The van der Waals surface area contributed by atoms with Gasteiger partial charge in [0.25, 0.3) is 0 Å². The molecule has 8 heteroatoms. The van der Waals surface area contributed by atoms with Crippen molar-refractivity contribution in [2.75, 3.05) is 15.5 Å². The largest absolute Gasteiger partial charge is 0.326 e. The van der Waals surface area contributed by atoms with Gasteiger partial charge in [0.15, 0.2) is 0 Å². The van der Waals surface area contributed by atoms with E-state index in [4.69, 9.17) is 11.6 Å². The van der Waals surface area contributed by atoms with Gasteiger partial charge in [-0.1, -0.05) is 67.1 Å². The lowest BCUT2D eigenvalue weighted by atomic mass is 10.1. The summed E-state index contributed by atoms with van der Waals surface area (Å²) in [5, 5.41) is 6.55. The molecule has 0 saturated heterocycles. The van der Waals surface area contributed by atoms with Crippen LogP contribution in [0.25, 0.3) is 0 Å². The number of rotatable bonds is 6. The van der Waals surface area contributed by atoms with Gasteiger partial charge in [0, 0.05) is 26.2 Å². The van der Waals surface area contributed by atoms with Crippen LogP contribution in [-0.2, 0) is 4.79 Å². The third kappa shape index (κ3) is 5.80. The molecule has 194 valence electrons. The highest BCUT2D eigenvalue weighted by molar-refractivity contribution is 8.00. The fourth-order valence-corrected chi connectivity index (χ4v) is 6.93. The zero-order valence-corrected chi connectivity index (χ0v) is 23.4. The summed E-state index contributed by atoms with van der Waals surface area (Å²) in [5.41, 5.74) is 3.26. The second-order valence-corrected chi connectivity index (χ2v) is 12.0. The van der Waals surface area contributed by atoms with Gasteiger partial charge in [-0.05, 0) is 61.4 Å². The Bertz CT molecular complexity index is 1420. The van der Waals surface area contributed by atoms with E-state index in [-0.39, 0.29) is 28.5 Å². The minimum absolute atomic E-state index is 0.0689. The van der Waals surface area contributed by atoms with Crippen molar-refractivity contribution in [1.29, 1.82) is 0 Å². The molecule has 5 nitrogen and oxygen atoms in total. The molecule has 1 aliphatic heterocycles. The number of nitrogens with zero attached hydrogens (tertiary/aromatic N) is 1. The molecule has 3 aromatic rings. The van der Waals surface area contributed by atoms with E-state index in [0.29, 0.717) is 22.8 Å². The maximum absolute atomic E-state index is 13.6. The first-order valence-electron chi connectivity index (χ1n) is 12.5. The highest BCUT2D eigenvalue weighted by atomic mass is 35.5. The zero-order chi connectivity index (χ0) is 26.6. The fraction of sp³-hybridized carbons (Fsp3) is 0.200. The number of thioether (sulfide) groups is 2. The highest BCUT2D eigenvalue weighted by Gasteiger charge is 2.36. The second kappa shape index (κ2) is 11.7. The molecule has 2 N–H and O–H groups in total. The zero-order valence-electron chi connectivity index (χ0n) is 21.1. The molecule has 0 bridgehead atoms. The molecule has 0 aromatic heterocycles. The van der Waals surface area contributed by atoms with Crippen molar-refractivity contribution in [2.45, 2.75) is 46.6 Å². The van der Waals surface area contributed by atoms with E-state index >= 15 is 0 Å². The fourth-order valence-electron chi connectivity index (χ4n) is 4.48. The molecule has 38 heavy (non-hydrogen) atoms. The number of amides is 3. The van der Waals surface area contributed by atoms with Crippen LogP contribution >= 0.6 is 35.1 Å². The van der Waals surface area contributed by atoms with E-state index in [1.54, 1.807) is 23.9 Å². The van der Waals surface area contributed by atoms with Gasteiger partial charge in [-0.3, -0.25) is 9.69 Å². The summed E-state index contributed by atoms with van der Waals surface area (Å²) >= 11 is 9.37. The number of nitrogens with one attached hydrogen (secondary N) is 2. The molecule has 5 rings (SSSR count). The number of hydrogen-bond donors (Lipinski definition) is 2. The minimum Gasteiger partial charge on any atom is -0.325 e. The van der Waals surface area contributed by atoms with Gasteiger partial charge in [0.2, 0.25) is 5.91 Å². The number of carbonyl (C=O) groups is 2. The van der Waals surface area contributed by atoms with Crippen LogP contribution in [0.1, 0.15) is 18.9 Å². The highest BCUT2D eigenvalue weighted by Crippen LogP contribution is 2.43. The molecular formula is C30H28ClN3O2S2. The van der Waals surface area contributed by atoms with Crippen LogP contribution < -0.4 is 15.5 Å². The van der Waals surface area contributed by atoms with Crippen molar-refractivity contribution in [1.82, 2.24) is 0 Å². The molecular weight excluding hydrogens is 534 g/mol. The number of anilines is 3. The summed E-state index contributed by atoms with van der Waals surface area (Å²) in [6.07, 6.45) is 8.90. The molecule has 0 saturated carbocycles. The van der Waals surface area contributed by atoms with Crippen molar-refractivity contribution in [3.63, 3.8) is 0 Å². The number of urea groups is 1. The summed E-state index contributed by atoms with van der Waals surface area (Å²) in [4.78, 5) is 30.5. The molecule has 1 heterocycles. The molecule has 2 aliphatic rings. The van der Waals surface area contributed by atoms with Crippen molar-refractivity contribution in [2.24, 2.45) is 0 Å². The SMILES string of the molecule is CCC(Sc1cccc(NC(=O)N2c3ccccc3SC3C=CC=CC32)c1)C(=O)Nc1cc(Cl)ccc1C. The van der Waals surface area contributed by atoms with E-state index < -0.39 is 0 Å². The number of fused-ring (bicyclic) bond motifs is 2. The van der Waals surface area contributed by atoms with E-state index in [9.17, 15) is 9.59 Å². The summed E-state index contributed by atoms with van der Waals surface area (Å²) < 4.78 is 0. The Kier molecular flexibility index (Phi) is 8.17. The van der Waals surface area contributed by atoms with Crippen LogP contribution in [0.15, 0.2) is 101 Å². The van der Waals surface area contributed by atoms with Crippen LogP contribution in [0.4, 0.5) is 21.9 Å². The Balaban J connectivity index is 1.31. The van der Waals surface area contributed by atoms with Gasteiger partial charge in [-0.15, -0.1) is 23.5 Å². The van der Waals surface area contributed by atoms with Crippen LogP contribution in [0.3, 0.4) is 0 Å². The molecule has 3 atom stereocenters. The van der Waals surface area contributed by atoms with E-state index in [1.807, 2.05) is 79.4 Å². The van der Waals surface area contributed by atoms with E-state index in [1.165, 1.54) is 11.8 Å².